The smallest absolute Gasteiger partial charge is 0.163 e. The molecule has 1 aromatic heterocycles. The van der Waals surface area contributed by atoms with Crippen LogP contribution in [0.3, 0.4) is 0 Å². The second kappa shape index (κ2) is 5.96. The molecular formula is C15H14FN3. The Morgan fingerprint density at radius 1 is 1.32 bits per heavy atom. The summed E-state index contributed by atoms with van der Waals surface area (Å²) in [5, 5.41) is 12.2. The lowest BCUT2D eigenvalue weighted by Gasteiger charge is -2.15. The molecule has 1 unspecified atom stereocenters. The first-order valence-corrected chi connectivity index (χ1v) is 6.05. The first-order valence-electron chi connectivity index (χ1n) is 6.05. The molecular weight excluding hydrogens is 241 g/mol. The number of anilines is 1. The molecule has 0 amide bonds. The van der Waals surface area contributed by atoms with Crippen LogP contribution in [0.2, 0.25) is 0 Å². The summed E-state index contributed by atoms with van der Waals surface area (Å²) >= 11 is 0. The first kappa shape index (κ1) is 13.0. The number of rotatable bonds is 4. The molecule has 1 heterocycles. The van der Waals surface area contributed by atoms with E-state index in [4.69, 9.17) is 5.26 Å². The van der Waals surface area contributed by atoms with Crippen molar-refractivity contribution in [3.05, 3.63) is 59.7 Å². The second-order valence-electron chi connectivity index (χ2n) is 4.39. The average molecular weight is 255 g/mol. The number of nitrogens with zero attached hydrogens (tertiary/aromatic N) is 2. The highest BCUT2D eigenvalue weighted by atomic mass is 19.1. The minimum atomic E-state index is -0.233. The Balaban J connectivity index is 2.03. The number of pyridine rings is 1. The van der Waals surface area contributed by atoms with Gasteiger partial charge in [-0.2, -0.15) is 5.26 Å². The molecule has 0 aliphatic carbocycles. The zero-order chi connectivity index (χ0) is 13.7. The number of nitriles is 1. The molecule has 0 aliphatic heterocycles. The van der Waals surface area contributed by atoms with Crippen LogP contribution in [0.25, 0.3) is 0 Å². The third kappa shape index (κ3) is 3.52. The van der Waals surface area contributed by atoms with Crippen molar-refractivity contribution in [1.29, 1.82) is 5.26 Å². The number of aromatic nitrogens is 1. The molecule has 4 heteroatoms. The highest BCUT2D eigenvalue weighted by molar-refractivity contribution is 5.53. The van der Waals surface area contributed by atoms with E-state index in [1.807, 2.05) is 19.1 Å². The van der Waals surface area contributed by atoms with E-state index in [1.54, 1.807) is 24.4 Å². The van der Waals surface area contributed by atoms with E-state index in [1.165, 1.54) is 12.1 Å². The van der Waals surface area contributed by atoms with Crippen LogP contribution in [0, 0.1) is 17.1 Å². The third-order valence-corrected chi connectivity index (χ3v) is 2.77. The summed E-state index contributed by atoms with van der Waals surface area (Å²) in [6.45, 7) is 2.01. The van der Waals surface area contributed by atoms with Gasteiger partial charge < -0.3 is 5.32 Å². The van der Waals surface area contributed by atoms with E-state index in [2.05, 4.69) is 10.3 Å². The third-order valence-electron chi connectivity index (χ3n) is 2.77. The van der Waals surface area contributed by atoms with Gasteiger partial charge in [0.1, 0.15) is 11.9 Å². The van der Waals surface area contributed by atoms with Crippen molar-refractivity contribution in [2.45, 2.75) is 19.4 Å². The summed E-state index contributed by atoms with van der Waals surface area (Å²) in [5.74, 6) is -0.233. The van der Waals surface area contributed by atoms with E-state index in [9.17, 15) is 4.39 Å². The number of benzene rings is 1. The zero-order valence-corrected chi connectivity index (χ0v) is 10.6. The fraction of sp³-hybridized carbons (Fsp3) is 0.200. The van der Waals surface area contributed by atoms with E-state index < -0.39 is 0 Å². The lowest BCUT2D eigenvalue weighted by atomic mass is 10.1. The first-order chi connectivity index (χ1) is 9.19. The van der Waals surface area contributed by atoms with Gasteiger partial charge in [-0.25, -0.2) is 9.37 Å². The van der Waals surface area contributed by atoms with Crippen LogP contribution < -0.4 is 5.32 Å². The Hall–Kier alpha value is -2.41. The van der Waals surface area contributed by atoms with Crippen LogP contribution in [0.15, 0.2) is 42.6 Å². The van der Waals surface area contributed by atoms with Gasteiger partial charge in [-0.05, 0) is 43.2 Å². The largest absolute Gasteiger partial charge is 0.380 e. The van der Waals surface area contributed by atoms with Gasteiger partial charge >= 0.3 is 0 Å². The van der Waals surface area contributed by atoms with E-state index in [-0.39, 0.29) is 11.9 Å². The van der Waals surface area contributed by atoms with Crippen LogP contribution in [-0.2, 0) is 6.42 Å². The lowest BCUT2D eigenvalue weighted by Crippen LogP contribution is -2.19. The molecule has 0 aliphatic rings. The molecule has 96 valence electrons. The molecule has 2 aromatic rings. The van der Waals surface area contributed by atoms with Gasteiger partial charge in [-0.3, -0.25) is 0 Å². The SMILES string of the molecule is CC(Cc1ccc(F)cc1)Nc1cccnc1C#N. The second-order valence-corrected chi connectivity index (χ2v) is 4.39. The number of hydrogen-bond donors (Lipinski definition) is 1. The standard InChI is InChI=1S/C15H14FN3/c1-11(9-12-4-6-13(16)7-5-12)19-14-3-2-8-18-15(14)10-17/h2-8,11,19H,9H2,1H3. The van der Waals surface area contributed by atoms with Gasteiger partial charge in [-0.1, -0.05) is 12.1 Å². The predicted molar refractivity (Wildman–Crippen MR) is 72.1 cm³/mol. The number of halogens is 1. The number of hydrogen-bond acceptors (Lipinski definition) is 3. The Labute approximate surface area is 111 Å². The van der Waals surface area contributed by atoms with Crippen LogP contribution in [0.1, 0.15) is 18.2 Å². The maximum Gasteiger partial charge on any atom is 0.163 e. The minimum absolute atomic E-state index is 0.127. The molecule has 0 bridgehead atoms. The molecule has 3 nitrogen and oxygen atoms in total. The predicted octanol–water partition coefficient (Wildman–Crippen LogP) is 3.14. The summed E-state index contributed by atoms with van der Waals surface area (Å²) in [7, 11) is 0. The summed E-state index contributed by atoms with van der Waals surface area (Å²) in [5.41, 5.74) is 2.15. The van der Waals surface area contributed by atoms with Crippen LogP contribution in [0.4, 0.5) is 10.1 Å². The normalized spacial score (nSPS) is 11.6. The monoisotopic (exact) mass is 255 g/mol. The van der Waals surface area contributed by atoms with Crippen molar-refractivity contribution in [3.8, 4) is 6.07 Å². The molecule has 1 aromatic carbocycles. The van der Waals surface area contributed by atoms with Crippen LogP contribution in [-0.4, -0.2) is 11.0 Å². The Morgan fingerprint density at radius 2 is 2.05 bits per heavy atom. The van der Waals surface area contributed by atoms with Gasteiger partial charge in [-0.15, -0.1) is 0 Å². The van der Waals surface area contributed by atoms with Gasteiger partial charge in [0.15, 0.2) is 5.69 Å². The molecule has 19 heavy (non-hydrogen) atoms. The van der Waals surface area contributed by atoms with E-state index in [0.29, 0.717) is 5.69 Å². The van der Waals surface area contributed by atoms with Crippen molar-refractivity contribution < 1.29 is 4.39 Å². The van der Waals surface area contributed by atoms with E-state index >= 15 is 0 Å². The Morgan fingerprint density at radius 3 is 2.74 bits per heavy atom. The maximum atomic E-state index is 12.8. The average Bonchev–Trinajstić information content (AvgIpc) is 2.42. The molecule has 0 fully saturated rings. The minimum Gasteiger partial charge on any atom is -0.380 e. The lowest BCUT2D eigenvalue weighted by molar-refractivity contribution is 0.626. The Kier molecular flexibility index (Phi) is 4.09. The fourth-order valence-electron chi connectivity index (χ4n) is 1.90. The van der Waals surface area contributed by atoms with Crippen molar-refractivity contribution in [2.24, 2.45) is 0 Å². The van der Waals surface area contributed by atoms with Crippen molar-refractivity contribution in [2.75, 3.05) is 5.32 Å². The topological polar surface area (TPSA) is 48.7 Å². The molecule has 0 radical (unpaired) electrons. The van der Waals surface area contributed by atoms with Crippen LogP contribution >= 0.6 is 0 Å². The van der Waals surface area contributed by atoms with Gasteiger partial charge in [0.25, 0.3) is 0 Å². The van der Waals surface area contributed by atoms with Gasteiger partial charge in [0, 0.05) is 12.2 Å². The molecule has 0 saturated heterocycles. The van der Waals surface area contributed by atoms with Crippen molar-refractivity contribution in [3.63, 3.8) is 0 Å². The number of nitrogens with one attached hydrogen (secondary N) is 1. The summed E-state index contributed by atoms with van der Waals surface area (Å²) in [4.78, 5) is 4.00. The van der Waals surface area contributed by atoms with Crippen molar-refractivity contribution in [1.82, 2.24) is 4.98 Å². The quantitative estimate of drug-likeness (QED) is 0.913. The zero-order valence-electron chi connectivity index (χ0n) is 10.6. The molecule has 1 N–H and O–H groups in total. The summed E-state index contributed by atoms with van der Waals surface area (Å²) < 4.78 is 12.8. The van der Waals surface area contributed by atoms with Gasteiger partial charge in [0.05, 0.1) is 5.69 Å². The highest BCUT2D eigenvalue weighted by Gasteiger charge is 2.07. The molecule has 0 saturated carbocycles. The van der Waals surface area contributed by atoms with Crippen LogP contribution in [0.5, 0.6) is 0 Å². The van der Waals surface area contributed by atoms with Gasteiger partial charge in [0.2, 0.25) is 0 Å². The molecule has 1 atom stereocenters. The summed E-state index contributed by atoms with van der Waals surface area (Å²) in [6, 6.07) is 12.2. The Bertz CT molecular complexity index is 587. The summed E-state index contributed by atoms with van der Waals surface area (Å²) in [6.07, 6.45) is 2.34. The molecule has 2 rings (SSSR count). The highest BCUT2D eigenvalue weighted by Crippen LogP contribution is 2.14. The van der Waals surface area contributed by atoms with E-state index in [0.717, 1.165) is 17.7 Å². The van der Waals surface area contributed by atoms with Crippen molar-refractivity contribution >= 4 is 5.69 Å². The fourth-order valence-corrected chi connectivity index (χ4v) is 1.90. The molecule has 0 spiro atoms. The maximum absolute atomic E-state index is 12.8.